The van der Waals surface area contributed by atoms with Crippen LogP contribution in [-0.4, -0.2) is 4.86 Å². The Balaban J connectivity index is 1.96. The maximum absolute atomic E-state index is 6.56. The maximum atomic E-state index is 6.56. The molecule has 0 spiro atoms. The summed E-state index contributed by atoms with van der Waals surface area (Å²) in [6.07, 6.45) is 0. The summed E-state index contributed by atoms with van der Waals surface area (Å²) in [6.45, 7) is 4.06. The summed E-state index contributed by atoms with van der Waals surface area (Å²) in [5, 5.41) is 4.26. The Bertz CT molecular complexity index is 1000. The Morgan fingerprint density at radius 2 is 1.54 bits per heavy atom. The van der Waals surface area contributed by atoms with Crippen LogP contribution in [0.1, 0.15) is 22.3 Å². The summed E-state index contributed by atoms with van der Waals surface area (Å²) in [6, 6.07) is 17.8. The number of nitrogens with one attached hydrogen (secondary N) is 1. The Labute approximate surface area is 177 Å². The monoisotopic (exact) mass is 463 g/mol. The molecule has 0 heterocycles. The van der Waals surface area contributed by atoms with Crippen molar-refractivity contribution in [1.82, 2.24) is 0 Å². The normalized spacial score (nSPS) is 10.7. The molecule has 3 aromatic carbocycles. The number of rotatable bonds is 4. The van der Waals surface area contributed by atoms with Gasteiger partial charge in [0, 0.05) is 15.7 Å². The Kier molecular flexibility index (Phi) is 6.03. The lowest BCUT2D eigenvalue weighted by Crippen LogP contribution is -2.04. The van der Waals surface area contributed by atoms with E-state index in [1.165, 1.54) is 0 Å². The zero-order valence-corrected chi connectivity index (χ0v) is 18.2. The van der Waals surface area contributed by atoms with Crippen LogP contribution in [0.3, 0.4) is 0 Å². The van der Waals surface area contributed by atoms with E-state index < -0.39 is 0 Å². The van der Waals surface area contributed by atoms with Gasteiger partial charge in [0.1, 0.15) is 0 Å². The molecule has 26 heavy (non-hydrogen) atoms. The minimum atomic E-state index is 0.458. The van der Waals surface area contributed by atoms with Crippen LogP contribution in [0.25, 0.3) is 0 Å². The van der Waals surface area contributed by atoms with Crippen molar-refractivity contribution in [2.75, 3.05) is 5.32 Å². The molecule has 0 unspecified atom stereocenters. The van der Waals surface area contributed by atoms with Gasteiger partial charge in [-0.05, 0) is 60.9 Å². The van der Waals surface area contributed by atoms with Gasteiger partial charge in [-0.15, -0.1) is 0 Å². The summed E-state index contributed by atoms with van der Waals surface area (Å²) in [4.78, 5) is 0.696. The molecule has 0 bridgehead atoms. The van der Waals surface area contributed by atoms with Crippen LogP contribution in [0.15, 0.2) is 59.1 Å². The summed E-state index contributed by atoms with van der Waals surface area (Å²) in [7, 11) is 0. The average molecular weight is 465 g/mol. The third-order valence-electron chi connectivity index (χ3n) is 4.17. The van der Waals surface area contributed by atoms with Crippen molar-refractivity contribution in [3.63, 3.8) is 0 Å². The standard InChI is InChI=1S/C21H16BrCl2NS/c1-12-5-3-4-6-15(12)21(26)16-8-10-18(20(24)19(16)23)25-17-9-7-14(22)11-13(17)2/h3-11,25H,1-2H3. The minimum absolute atomic E-state index is 0.458. The topological polar surface area (TPSA) is 12.0 Å². The summed E-state index contributed by atoms with van der Waals surface area (Å²) >= 11 is 22.2. The molecule has 0 saturated carbocycles. The van der Waals surface area contributed by atoms with Crippen LogP contribution < -0.4 is 5.32 Å². The van der Waals surface area contributed by atoms with E-state index in [2.05, 4.69) is 21.2 Å². The predicted octanol–water partition coefficient (Wildman–Crippen LogP) is 7.88. The highest BCUT2D eigenvalue weighted by Crippen LogP contribution is 2.37. The van der Waals surface area contributed by atoms with Crippen molar-refractivity contribution >= 4 is 67.6 Å². The molecule has 0 aliphatic rings. The van der Waals surface area contributed by atoms with Gasteiger partial charge in [0.15, 0.2) is 0 Å². The van der Waals surface area contributed by atoms with E-state index >= 15 is 0 Å². The summed E-state index contributed by atoms with van der Waals surface area (Å²) < 4.78 is 1.03. The third kappa shape index (κ3) is 3.96. The Morgan fingerprint density at radius 1 is 0.846 bits per heavy atom. The molecule has 3 rings (SSSR count). The molecule has 0 radical (unpaired) electrons. The van der Waals surface area contributed by atoms with E-state index in [1.807, 2.05) is 68.4 Å². The zero-order chi connectivity index (χ0) is 18.8. The van der Waals surface area contributed by atoms with Crippen molar-refractivity contribution in [2.24, 2.45) is 0 Å². The fourth-order valence-corrected chi connectivity index (χ4v) is 4.11. The third-order valence-corrected chi connectivity index (χ3v) is 5.99. The number of benzene rings is 3. The minimum Gasteiger partial charge on any atom is -0.354 e. The molecule has 0 fully saturated rings. The van der Waals surface area contributed by atoms with E-state index in [9.17, 15) is 0 Å². The van der Waals surface area contributed by atoms with Crippen molar-refractivity contribution in [2.45, 2.75) is 13.8 Å². The second kappa shape index (κ2) is 8.10. The van der Waals surface area contributed by atoms with Gasteiger partial charge in [-0.1, -0.05) is 75.6 Å². The molecule has 3 aromatic rings. The first-order valence-corrected chi connectivity index (χ1v) is 9.95. The number of anilines is 2. The van der Waals surface area contributed by atoms with Crippen molar-refractivity contribution < 1.29 is 0 Å². The Morgan fingerprint density at radius 3 is 2.23 bits per heavy atom. The zero-order valence-electron chi connectivity index (χ0n) is 14.2. The molecule has 132 valence electrons. The highest BCUT2D eigenvalue weighted by atomic mass is 79.9. The van der Waals surface area contributed by atoms with Gasteiger partial charge >= 0.3 is 0 Å². The second-order valence-corrected chi connectivity index (χ2v) is 8.10. The molecule has 0 aliphatic carbocycles. The summed E-state index contributed by atoms with van der Waals surface area (Å²) in [5.74, 6) is 0. The molecular formula is C21H16BrCl2NS. The molecule has 0 atom stereocenters. The lowest BCUT2D eigenvalue weighted by Gasteiger charge is -2.15. The highest BCUT2D eigenvalue weighted by Gasteiger charge is 2.16. The number of hydrogen-bond donors (Lipinski definition) is 1. The first-order valence-electron chi connectivity index (χ1n) is 8.00. The number of thiocarbonyl (C=S) groups is 1. The largest absolute Gasteiger partial charge is 0.354 e. The molecule has 1 N–H and O–H groups in total. The molecule has 5 heteroatoms. The predicted molar refractivity (Wildman–Crippen MR) is 121 cm³/mol. The van der Waals surface area contributed by atoms with Gasteiger partial charge < -0.3 is 5.32 Å². The first kappa shape index (κ1) is 19.4. The molecule has 0 aromatic heterocycles. The van der Waals surface area contributed by atoms with Crippen LogP contribution in [0.5, 0.6) is 0 Å². The lowest BCUT2D eigenvalue weighted by atomic mass is 10.00. The first-order chi connectivity index (χ1) is 12.4. The van der Waals surface area contributed by atoms with Crippen LogP contribution in [0.4, 0.5) is 11.4 Å². The van der Waals surface area contributed by atoms with Crippen LogP contribution >= 0.6 is 51.3 Å². The van der Waals surface area contributed by atoms with Crippen molar-refractivity contribution in [3.8, 4) is 0 Å². The lowest BCUT2D eigenvalue weighted by molar-refractivity contribution is 1.41. The fourth-order valence-electron chi connectivity index (χ4n) is 2.71. The highest BCUT2D eigenvalue weighted by molar-refractivity contribution is 9.10. The van der Waals surface area contributed by atoms with Crippen molar-refractivity contribution in [3.05, 3.63) is 91.4 Å². The maximum Gasteiger partial charge on any atom is 0.0833 e. The number of halogens is 3. The molecule has 1 nitrogen and oxygen atoms in total. The SMILES string of the molecule is Cc1cc(Br)ccc1Nc1ccc(C(=S)c2ccccc2C)c(Cl)c1Cl. The van der Waals surface area contributed by atoms with E-state index in [0.717, 1.165) is 38.1 Å². The van der Waals surface area contributed by atoms with Gasteiger partial charge in [-0.2, -0.15) is 0 Å². The van der Waals surface area contributed by atoms with Gasteiger partial charge in [-0.25, -0.2) is 0 Å². The van der Waals surface area contributed by atoms with E-state index in [1.54, 1.807) is 0 Å². The van der Waals surface area contributed by atoms with Crippen molar-refractivity contribution in [1.29, 1.82) is 0 Å². The molecule has 0 amide bonds. The van der Waals surface area contributed by atoms with Gasteiger partial charge in [0.25, 0.3) is 0 Å². The molecule has 0 aliphatic heterocycles. The van der Waals surface area contributed by atoms with Gasteiger partial charge in [0.2, 0.25) is 0 Å². The smallest absolute Gasteiger partial charge is 0.0833 e. The van der Waals surface area contributed by atoms with Crippen LogP contribution in [0.2, 0.25) is 10.0 Å². The quantitative estimate of drug-likeness (QED) is 0.311. The van der Waals surface area contributed by atoms with Gasteiger partial charge in [-0.3, -0.25) is 0 Å². The van der Waals surface area contributed by atoms with E-state index in [0.29, 0.717) is 14.9 Å². The van der Waals surface area contributed by atoms with Crippen LogP contribution in [-0.2, 0) is 0 Å². The van der Waals surface area contributed by atoms with E-state index in [-0.39, 0.29) is 0 Å². The molecule has 0 saturated heterocycles. The average Bonchev–Trinajstić information content (AvgIpc) is 2.61. The van der Waals surface area contributed by atoms with Gasteiger partial charge in [0.05, 0.1) is 20.6 Å². The van der Waals surface area contributed by atoms with E-state index in [4.69, 9.17) is 35.4 Å². The fraction of sp³-hybridized carbons (Fsp3) is 0.0952. The number of aryl methyl sites for hydroxylation is 2. The molecular weight excluding hydrogens is 449 g/mol. The number of hydrogen-bond acceptors (Lipinski definition) is 2. The second-order valence-electron chi connectivity index (χ2n) is 6.02. The Hall–Kier alpha value is -1.39. The summed E-state index contributed by atoms with van der Waals surface area (Å²) in [5.41, 5.74) is 5.69. The van der Waals surface area contributed by atoms with Crippen LogP contribution in [0, 0.1) is 13.8 Å².